The molecule has 0 amide bonds. The van der Waals surface area contributed by atoms with Crippen LogP contribution in [0, 0.1) is 0 Å². The lowest BCUT2D eigenvalue weighted by Crippen LogP contribution is -1.95. The molecule has 0 spiro atoms. The molecule has 4 heteroatoms. The highest BCUT2D eigenvalue weighted by Gasteiger charge is 2.20. The van der Waals surface area contributed by atoms with Gasteiger partial charge in [0, 0.05) is 60.0 Å². The van der Waals surface area contributed by atoms with Gasteiger partial charge in [-0.3, -0.25) is 0 Å². The average molecular weight is 817 g/mol. The predicted molar refractivity (Wildman–Crippen MR) is 266 cm³/mol. The van der Waals surface area contributed by atoms with E-state index in [1.807, 2.05) is 24.3 Å². The lowest BCUT2D eigenvalue weighted by Gasteiger charge is -2.12. The monoisotopic (exact) mass is 816 g/mol. The Kier molecular flexibility index (Phi) is 7.36. The first-order chi connectivity index (χ1) is 31.7. The molecule has 64 heavy (non-hydrogen) atoms. The third-order valence-corrected chi connectivity index (χ3v) is 13.3. The first-order valence-electron chi connectivity index (χ1n) is 21.8. The molecule has 0 saturated heterocycles. The number of aromatic nitrogens is 2. The van der Waals surface area contributed by atoms with Crippen molar-refractivity contribution in [2.75, 3.05) is 0 Å². The van der Waals surface area contributed by atoms with Gasteiger partial charge in [0.25, 0.3) is 0 Å². The van der Waals surface area contributed by atoms with Gasteiger partial charge < -0.3 is 18.0 Å². The molecule has 0 N–H and O–H groups in total. The van der Waals surface area contributed by atoms with Crippen LogP contribution in [0.25, 0.3) is 132 Å². The zero-order chi connectivity index (χ0) is 41.9. The van der Waals surface area contributed by atoms with E-state index in [1.165, 1.54) is 65.9 Å². The Morgan fingerprint density at radius 3 is 1.20 bits per heavy atom. The molecule has 0 aliphatic heterocycles. The van der Waals surface area contributed by atoms with Crippen molar-refractivity contribution in [2.24, 2.45) is 0 Å². The van der Waals surface area contributed by atoms with Crippen molar-refractivity contribution in [3.63, 3.8) is 0 Å². The maximum atomic E-state index is 6.21. The quantitative estimate of drug-likeness (QED) is 0.173. The van der Waals surface area contributed by atoms with Crippen molar-refractivity contribution in [3.8, 4) is 44.8 Å². The van der Waals surface area contributed by atoms with Gasteiger partial charge >= 0.3 is 0 Å². The van der Waals surface area contributed by atoms with E-state index in [4.69, 9.17) is 8.83 Å². The van der Waals surface area contributed by atoms with E-state index < -0.39 is 0 Å². The summed E-state index contributed by atoms with van der Waals surface area (Å²) in [5.74, 6) is 0. The first-order valence-corrected chi connectivity index (χ1v) is 21.8. The SMILES string of the molecule is c1ccc(-n2c3ccc(-c4ccc5oc6ccccc6c5c4)cc3c3cc(-c4cccc5c6cc(-c7ccc8oc9ccccc9c8c7)ccc6n(-c6ccccc6)c45)ccc32)cc1. The molecule has 0 bridgehead atoms. The van der Waals surface area contributed by atoms with Crippen molar-refractivity contribution < 1.29 is 8.83 Å². The van der Waals surface area contributed by atoms with Crippen LogP contribution >= 0.6 is 0 Å². The van der Waals surface area contributed by atoms with E-state index in [0.29, 0.717) is 0 Å². The average Bonchev–Trinajstić information content (AvgIpc) is 4.11. The zero-order valence-corrected chi connectivity index (χ0v) is 34.5. The second-order valence-electron chi connectivity index (χ2n) is 16.9. The molecule has 4 aromatic heterocycles. The third-order valence-electron chi connectivity index (χ3n) is 13.3. The van der Waals surface area contributed by atoms with Gasteiger partial charge in [-0.1, -0.05) is 121 Å². The van der Waals surface area contributed by atoms with Crippen molar-refractivity contribution in [2.45, 2.75) is 0 Å². The number of benzene rings is 10. The smallest absolute Gasteiger partial charge is 0.135 e. The largest absolute Gasteiger partial charge is 0.456 e. The van der Waals surface area contributed by atoms with E-state index in [1.54, 1.807) is 0 Å². The Balaban J connectivity index is 0.986. The van der Waals surface area contributed by atoms with Crippen LogP contribution in [0.5, 0.6) is 0 Å². The van der Waals surface area contributed by atoms with Crippen LogP contribution < -0.4 is 0 Å². The fraction of sp³-hybridized carbons (Fsp3) is 0. The van der Waals surface area contributed by atoms with Crippen LogP contribution in [0.1, 0.15) is 0 Å². The van der Waals surface area contributed by atoms with Gasteiger partial charge in [0.15, 0.2) is 0 Å². The molecule has 10 aromatic carbocycles. The summed E-state index contributed by atoms with van der Waals surface area (Å²) in [7, 11) is 0. The van der Waals surface area contributed by atoms with Gasteiger partial charge in [-0.25, -0.2) is 0 Å². The van der Waals surface area contributed by atoms with Gasteiger partial charge in [0.2, 0.25) is 0 Å². The molecular weight excluding hydrogens is 781 g/mol. The first kappa shape index (κ1) is 35.0. The summed E-state index contributed by atoms with van der Waals surface area (Å²) >= 11 is 0. The fourth-order valence-corrected chi connectivity index (χ4v) is 10.4. The Bertz CT molecular complexity index is 4180. The summed E-state index contributed by atoms with van der Waals surface area (Å²) in [4.78, 5) is 0. The molecule has 0 aliphatic carbocycles. The summed E-state index contributed by atoms with van der Waals surface area (Å²) in [6.07, 6.45) is 0. The van der Waals surface area contributed by atoms with E-state index in [9.17, 15) is 0 Å². The molecule has 14 aromatic rings. The van der Waals surface area contributed by atoms with Crippen molar-refractivity contribution in [3.05, 3.63) is 218 Å². The van der Waals surface area contributed by atoms with E-state index >= 15 is 0 Å². The Morgan fingerprint density at radius 2 is 0.641 bits per heavy atom. The minimum absolute atomic E-state index is 0.902. The molecule has 0 unspecified atom stereocenters. The third kappa shape index (κ3) is 5.17. The Hall–Kier alpha value is -8.60. The van der Waals surface area contributed by atoms with E-state index in [-0.39, 0.29) is 0 Å². The number of furan rings is 2. The highest BCUT2D eigenvalue weighted by atomic mass is 16.3. The van der Waals surface area contributed by atoms with E-state index in [2.05, 4.69) is 203 Å². The van der Waals surface area contributed by atoms with Crippen LogP contribution in [0.3, 0.4) is 0 Å². The summed E-state index contributed by atoms with van der Waals surface area (Å²) in [5.41, 5.74) is 17.6. The molecule has 298 valence electrons. The summed E-state index contributed by atoms with van der Waals surface area (Å²) in [6, 6.07) is 78.8. The van der Waals surface area contributed by atoms with Gasteiger partial charge in [0.1, 0.15) is 22.3 Å². The molecule has 14 rings (SSSR count). The number of hydrogen-bond acceptors (Lipinski definition) is 2. The minimum atomic E-state index is 0.902. The van der Waals surface area contributed by atoms with Crippen LogP contribution in [0.15, 0.2) is 227 Å². The standard InChI is InChI=1S/C60H36N2O2/c1-3-12-42(13-4-1)61-53-27-22-38(40-26-31-59-52(35-40)46-17-8-10-21-57(46)64-59)33-49(53)50-36-41(24-29-54(50)61)44-18-11-19-47-48-32-37(23-28-55(48)62(60(44)47)43-14-5-2-6-15-43)39-25-30-58-51(34-39)45-16-7-9-20-56(45)63-58/h1-36H. The van der Waals surface area contributed by atoms with Crippen molar-refractivity contribution in [1.29, 1.82) is 0 Å². The number of rotatable bonds is 5. The van der Waals surface area contributed by atoms with Gasteiger partial charge in [-0.05, 0) is 125 Å². The Morgan fingerprint density at radius 1 is 0.250 bits per heavy atom. The second-order valence-corrected chi connectivity index (χ2v) is 16.9. The summed E-state index contributed by atoms with van der Waals surface area (Å²) < 4.78 is 17.2. The number of hydrogen-bond donors (Lipinski definition) is 0. The van der Waals surface area contributed by atoms with Gasteiger partial charge in [0.05, 0.1) is 22.1 Å². The van der Waals surface area contributed by atoms with Crippen molar-refractivity contribution >= 4 is 87.5 Å². The lowest BCUT2D eigenvalue weighted by molar-refractivity contribution is 0.668. The molecule has 0 radical (unpaired) electrons. The van der Waals surface area contributed by atoms with Gasteiger partial charge in [-0.2, -0.15) is 0 Å². The van der Waals surface area contributed by atoms with Crippen LogP contribution in [-0.2, 0) is 0 Å². The zero-order valence-electron chi connectivity index (χ0n) is 34.5. The predicted octanol–water partition coefficient (Wildman–Crippen LogP) is 16.7. The highest BCUT2D eigenvalue weighted by molar-refractivity contribution is 6.17. The second kappa shape index (κ2) is 13.4. The topological polar surface area (TPSA) is 36.1 Å². The number of para-hydroxylation sites is 5. The van der Waals surface area contributed by atoms with Crippen LogP contribution in [0.2, 0.25) is 0 Å². The maximum absolute atomic E-state index is 6.21. The summed E-state index contributed by atoms with van der Waals surface area (Å²) in [5, 5.41) is 9.36. The number of nitrogens with zero attached hydrogens (tertiary/aromatic N) is 2. The lowest BCUT2D eigenvalue weighted by atomic mass is 9.97. The maximum Gasteiger partial charge on any atom is 0.135 e. The van der Waals surface area contributed by atoms with Crippen LogP contribution in [-0.4, -0.2) is 9.13 Å². The normalized spacial score (nSPS) is 12.1. The molecule has 0 saturated carbocycles. The molecule has 4 nitrogen and oxygen atoms in total. The summed E-state index contributed by atoms with van der Waals surface area (Å²) in [6.45, 7) is 0. The minimum Gasteiger partial charge on any atom is -0.456 e. The molecule has 0 fully saturated rings. The van der Waals surface area contributed by atoms with Crippen molar-refractivity contribution in [1.82, 2.24) is 9.13 Å². The number of fused-ring (bicyclic) bond motifs is 12. The Labute approximate surface area is 367 Å². The van der Waals surface area contributed by atoms with E-state index in [0.717, 1.165) is 66.4 Å². The molecular formula is C60H36N2O2. The van der Waals surface area contributed by atoms with Gasteiger partial charge in [-0.15, -0.1) is 0 Å². The molecule has 4 heterocycles. The van der Waals surface area contributed by atoms with Crippen LogP contribution in [0.4, 0.5) is 0 Å². The fourth-order valence-electron chi connectivity index (χ4n) is 10.4. The molecule has 0 atom stereocenters. The molecule has 0 aliphatic rings. The highest BCUT2D eigenvalue weighted by Crippen LogP contribution is 2.43.